The second kappa shape index (κ2) is 6.01. The van der Waals surface area contributed by atoms with E-state index in [1.54, 1.807) is 0 Å². The van der Waals surface area contributed by atoms with Gasteiger partial charge in [-0.05, 0) is 18.7 Å². The highest BCUT2D eigenvalue weighted by Gasteiger charge is 2.16. The Labute approximate surface area is 108 Å². The Kier molecular flexibility index (Phi) is 4.37. The number of nitrogens with zero attached hydrogens (tertiary/aromatic N) is 3. The molecule has 0 bridgehead atoms. The van der Waals surface area contributed by atoms with Crippen molar-refractivity contribution in [3.8, 4) is 6.07 Å². The lowest BCUT2D eigenvalue weighted by molar-refractivity contribution is -0.0182. The maximum Gasteiger partial charge on any atom is 0.120 e. The van der Waals surface area contributed by atoms with E-state index in [1.165, 1.54) is 0 Å². The van der Waals surface area contributed by atoms with Crippen LogP contribution in [0.3, 0.4) is 0 Å². The SMILES string of the molecule is CN1CCOC(CNCc2cc(C#N)n(C)c2)C1. The molecule has 1 aliphatic heterocycles. The van der Waals surface area contributed by atoms with Crippen LogP contribution >= 0.6 is 0 Å². The summed E-state index contributed by atoms with van der Waals surface area (Å²) < 4.78 is 7.52. The van der Waals surface area contributed by atoms with Gasteiger partial charge in [-0.1, -0.05) is 0 Å². The highest BCUT2D eigenvalue weighted by Crippen LogP contribution is 2.06. The summed E-state index contributed by atoms with van der Waals surface area (Å²) in [6.45, 7) is 4.43. The second-order valence-electron chi connectivity index (χ2n) is 4.84. The van der Waals surface area contributed by atoms with E-state index in [4.69, 9.17) is 10.00 Å². The Bertz CT molecular complexity index is 435. The number of nitrogens with one attached hydrogen (secondary N) is 1. The molecule has 1 aromatic rings. The standard InChI is InChI=1S/C13H20N4O/c1-16-3-4-18-13(10-16)8-15-7-11-5-12(6-14)17(2)9-11/h5,9,13,15H,3-4,7-8,10H2,1-2H3. The molecule has 5 heteroatoms. The molecule has 0 aliphatic carbocycles. The van der Waals surface area contributed by atoms with Crippen molar-refractivity contribution in [2.45, 2.75) is 12.6 Å². The average Bonchev–Trinajstić information content (AvgIpc) is 2.70. The van der Waals surface area contributed by atoms with Crippen LogP contribution < -0.4 is 5.32 Å². The van der Waals surface area contributed by atoms with Gasteiger partial charge in [0.2, 0.25) is 0 Å². The fourth-order valence-electron chi connectivity index (χ4n) is 2.21. The smallest absolute Gasteiger partial charge is 0.120 e. The summed E-state index contributed by atoms with van der Waals surface area (Å²) in [4.78, 5) is 2.28. The topological polar surface area (TPSA) is 53.2 Å². The van der Waals surface area contributed by atoms with Crippen LogP contribution in [-0.4, -0.2) is 48.9 Å². The van der Waals surface area contributed by atoms with Crippen LogP contribution in [-0.2, 0) is 18.3 Å². The van der Waals surface area contributed by atoms with Crippen LogP contribution in [0.4, 0.5) is 0 Å². The molecule has 5 nitrogen and oxygen atoms in total. The van der Waals surface area contributed by atoms with Gasteiger partial charge in [-0.3, -0.25) is 0 Å². The van der Waals surface area contributed by atoms with E-state index in [2.05, 4.69) is 23.3 Å². The fraction of sp³-hybridized carbons (Fsp3) is 0.615. The summed E-state index contributed by atoms with van der Waals surface area (Å²) in [5.41, 5.74) is 1.83. The molecule has 1 aliphatic rings. The van der Waals surface area contributed by atoms with Gasteiger partial charge in [0, 0.05) is 39.4 Å². The molecule has 0 aromatic carbocycles. The van der Waals surface area contributed by atoms with Gasteiger partial charge >= 0.3 is 0 Å². The molecule has 0 saturated carbocycles. The third kappa shape index (κ3) is 3.33. The lowest BCUT2D eigenvalue weighted by atomic mass is 10.2. The number of likely N-dealkylation sites (N-methyl/N-ethyl adjacent to an activating group) is 1. The zero-order valence-electron chi connectivity index (χ0n) is 11.0. The Morgan fingerprint density at radius 3 is 3.06 bits per heavy atom. The van der Waals surface area contributed by atoms with E-state index >= 15 is 0 Å². The maximum absolute atomic E-state index is 8.87. The Morgan fingerprint density at radius 2 is 2.39 bits per heavy atom. The van der Waals surface area contributed by atoms with Crippen LogP contribution in [0.5, 0.6) is 0 Å². The number of nitriles is 1. The monoisotopic (exact) mass is 248 g/mol. The first-order valence-corrected chi connectivity index (χ1v) is 6.25. The summed E-state index contributed by atoms with van der Waals surface area (Å²) in [7, 11) is 4.01. The van der Waals surface area contributed by atoms with Crippen molar-refractivity contribution >= 4 is 0 Å². The molecule has 18 heavy (non-hydrogen) atoms. The number of rotatable bonds is 4. The Balaban J connectivity index is 1.76. The first-order valence-electron chi connectivity index (χ1n) is 6.25. The van der Waals surface area contributed by atoms with E-state index in [1.807, 2.05) is 23.9 Å². The number of morpholine rings is 1. The van der Waals surface area contributed by atoms with Gasteiger partial charge in [0.05, 0.1) is 12.7 Å². The molecule has 98 valence electrons. The van der Waals surface area contributed by atoms with Crippen molar-refractivity contribution in [2.24, 2.45) is 7.05 Å². The molecule has 1 unspecified atom stereocenters. The molecule has 1 aromatic heterocycles. The van der Waals surface area contributed by atoms with Crippen molar-refractivity contribution in [2.75, 3.05) is 33.3 Å². The molecule has 1 fully saturated rings. The largest absolute Gasteiger partial charge is 0.374 e. The third-order valence-electron chi connectivity index (χ3n) is 3.22. The highest BCUT2D eigenvalue weighted by atomic mass is 16.5. The summed E-state index contributed by atoms with van der Waals surface area (Å²) >= 11 is 0. The molecular formula is C13H20N4O. The maximum atomic E-state index is 8.87. The van der Waals surface area contributed by atoms with Gasteiger partial charge < -0.3 is 19.5 Å². The first kappa shape index (κ1) is 13.1. The number of ether oxygens (including phenoxy) is 1. The molecule has 0 radical (unpaired) electrons. The quantitative estimate of drug-likeness (QED) is 0.833. The number of aromatic nitrogens is 1. The van der Waals surface area contributed by atoms with Crippen molar-refractivity contribution in [1.82, 2.24) is 14.8 Å². The van der Waals surface area contributed by atoms with Crippen LogP contribution in [0.25, 0.3) is 0 Å². The lowest BCUT2D eigenvalue weighted by Crippen LogP contribution is -2.44. The molecule has 2 rings (SSSR count). The van der Waals surface area contributed by atoms with Crippen LogP contribution in [0.2, 0.25) is 0 Å². The highest BCUT2D eigenvalue weighted by molar-refractivity contribution is 5.28. The van der Waals surface area contributed by atoms with Crippen molar-refractivity contribution < 1.29 is 4.74 Å². The van der Waals surface area contributed by atoms with Crippen LogP contribution in [0.15, 0.2) is 12.3 Å². The third-order valence-corrected chi connectivity index (χ3v) is 3.22. The predicted octanol–water partition coefficient (Wildman–Crippen LogP) is 0.317. The van der Waals surface area contributed by atoms with E-state index in [0.29, 0.717) is 5.69 Å². The normalized spacial score (nSPS) is 20.8. The van der Waals surface area contributed by atoms with E-state index in [0.717, 1.165) is 38.3 Å². The van der Waals surface area contributed by atoms with Gasteiger partial charge in [0.25, 0.3) is 0 Å². The summed E-state index contributed by atoms with van der Waals surface area (Å²) in [5.74, 6) is 0. The van der Waals surface area contributed by atoms with Gasteiger partial charge in [-0.25, -0.2) is 0 Å². The number of hydrogen-bond acceptors (Lipinski definition) is 4. The van der Waals surface area contributed by atoms with E-state index < -0.39 is 0 Å². The molecule has 0 amide bonds. The van der Waals surface area contributed by atoms with E-state index in [9.17, 15) is 0 Å². The van der Waals surface area contributed by atoms with Crippen LogP contribution in [0, 0.1) is 11.3 Å². The molecular weight excluding hydrogens is 228 g/mol. The fourth-order valence-corrected chi connectivity index (χ4v) is 2.21. The molecule has 1 atom stereocenters. The minimum atomic E-state index is 0.267. The summed E-state index contributed by atoms with van der Waals surface area (Å²) in [6.07, 6.45) is 2.25. The first-order chi connectivity index (χ1) is 8.69. The Morgan fingerprint density at radius 1 is 1.56 bits per heavy atom. The number of aryl methyl sites for hydroxylation is 1. The zero-order valence-corrected chi connectivity index (χ0v) is 11.0. The van der Waals surface area contributed by atoms with Crippen molar-refractivity contribution in [3.63, 3.8) is 0 Å². The number of hydrogen-bond donors (Lipinski definition) is 1. The molecule has 0 spiro atoms. The van der Waals surface area contributed by atoms with E-state index in [-0.39, 0.29) is 6.10 Å². The van der Waals surface area contributed by atoms with Gasteiger partial charge in [0.15, 0.2) is 0 Å². The molecule has 1 saturated heterocycles. The minimum absolute atomic E-state index is 0.267. The van der Waals surface area contributed by atoms with Crippen molar-refractivity contribution in [1.29, 1.82) is 5.26 Å². The molecule has 1 N–H and O–H groups in total. The van der Waals surface area contributed by atoms with Gasteiger partial charge in [0.1, 0.15) is 11.8 Å². The van der Waals surface area contributed by atoms with Gasteiger partial charge in [-0.2, -0.15) is 5.26 Å². The lowest BCUT2D eigenvalue weighted by Gasteiger charge is -2.30. The average molecular weight is 248 g/mol. The Hall–Kier alpha value is -1.35. The predicted molar refractivity (Wildman–Crippen MR) is 69.1 cm³/mol. The summed E-state index contributed by atoms with van der Waals surface area (Å²) in [6, 6.07) is 4.08. The van der Waals surface area contributed by atoms with Gasteiger partial charge in [-0.15, -0.1) is 0 Å². The minimum Gasteiger partial charge on any atom is -0.374 e. The second-order valence-corrected chi connectivity index (χ2v) is 4.84. The van der Waals surface area contributed by atoms with Crippen molar-refractivity contribution in [3.05, 3.63) is 23.5 Å². The van der Waals surface area contributed by atoms with Crippen LogP contribution in [0.1, 0.15) is 11.3 Å². The zero-order chi connectivity index (χ0) is 13.0. The summed E-state index contributed by atoms with van der Waals surface area (Å²) in [5, 5.41) is 12.3. The molecule has 2 heterocycles.